The van der Waals surface area contributed by atoms with Crippen LogP contribution in [0.5, 0.6) is 11.5 Å². The molecule has 2 aliphatic rings. The van der Waals surface area contributed by atoms with Gasteiger partial charge in [0.05, 0.1) is 23.0 Å². The fourth-order valence-corrected chi connectivity index (χ4v) is 10.3. The molecule has 65 heavy (non-hydrogen) atoms. The highest BCUT2D eigenvalue weighted by atomic mass is 16.5. The van der Waals surface area contributed by atoms with Crippen molar-refractivity contribution in [3.8, 4) is 73.6 Å². The molecule has 13 rings (SSSR count). The van der Waals surface area contributed by atoms with Gasteiger partial charge in [0.25, 0.3) is 0 Å². The number of ether oxygens (including phenoxy) is 1. The lowest BCUT2D eigenvalue weighted by Gasteiger charge is -2.40. The van der Waals surface area contributed by atoms with E-state index in [0.717, 1.165) is 77.9 Å². The molecule has 0 amide bonds. The van der Waals surface area contributed by atoms with Crippen LogP contribution in [0.3, 0.4) is 0 Å². The second kappa shape index (κ2) is 14.3. The van der Waals surface area contributed by atoms with Gasteiger partial charge in [0, 0.05) is 38.9 Å². The molecule has 1 aliphatic carbocycles. The van der Waals surface area contributed by atoms with Crippen molar-refractivity contribution in [1.29, 1.82) is 0 Å². The first-order chi connectivity index (χ1) is 32.2. The maximum atomic E-state index is 7.85. The van der Waals surface area contributed by atoms with Gasteiger partial charge in [-0.2, -0.15) is 0 Å². The van der Waals surface area contributed by atoms with Crippen LogP contribution in [0.15, 0.2) is 212 Å². The molecular formula is C59H35N5O. The summed E-state index contributed by atoms with van der Waals surface area (Å²) in [6.45, 7) is 7.85. The van der Waals surface area contributed by atoms with Crippen molar-refractivity contribution < 1.29 is 4.74 Å². The van der Waals surface area contributed by atoms with E-state index in [1.165, 1.54) is 22.3 Å². The average Bonchev–Trinajstić information content (AvgIpc) is 3.87. The smallest absolute Gasteiger partial charge is 0.188 e. The molecule has 3 heterocycles. The minimum atomic E-state index is -0.738. The number of para-hydroxylation sites is 1. The molecule has 0 atom stereocenters. The van der Waals surface area contributed by atoms with E-state index in [2.05, 4.69) is 143 Å². The molecule has 2 aromatic heterocycles. The molecule has 11 aromatic rings. The Bertz CT molecular complexity index is 3660. The summed E-state index contributed by atoms with van der Waals surface area (Å²) in [5, 5.41) is 2.13. The second-order valence-corrected chi connectivity index (χ2v) is 16.6. The Morgan fingerprint density at radius 1 is 0.400 bits per heavy atom. The summed E-state index contributed by atoms with van der Waals surface area (Å²) in [4.78, 5) is 19.1. The molecule has 0 N–H and O–H groups in total. The summed E-state index contributed by atoms with van der Waals surface area (Å²) in [7, 11) is 0. The predicted molar refractivity (Wildman–Crippen MR) is 260 cm³/mol. The zero-order valence-corrected chi connectivity index (χ0v) is 34.9. The Morgan fingerprint density at radius 3 is 1.46 bits per heavy atom. The third kappa shape index (κ3) is 5.56. The molecule has 1 aliphatic heterocycles. The van der Waals surface area contributed by atoms with Gasteiger partial charge in [-0.25, -0.2) is 19.8 Å². The van der Waals surface area contributed by atoms with Crippen molar-refractivity contribution in [3.05, 3.63) is 246 Å². The van der Waals surface area contributed by atoms with Crippen molar-refractivity contribution in [2.24, 2.45) is 0 Å². The zero-order valence-electron chi connectivity index (χ0n) is 34.9. The van der Waals surface area contributed by atoms with Crippen molar-refractivity contribution in [3.63, 3.8) is 0 Å². The second-order valence-electron chi connectivity index (χ2n) is 16.6. The van der Waals surface area contributed by atoms with E-state index in [-0.39, 0.29) is 0 Å². The highest BCUT2D eigenvalue weighted by Crippen LogP contribution is 2.62. The van der Waals surface area contributed by atoms with Crippen LogP contribution in [-0.4, -0.2) is 19.5 Å². The maximum Gasteiger partial charge on any atom is 0.188 e. The summed E-state index contributed by atoms with van der Waals surface area (Å²) in [5.74, 6) is 3.39. The number of benzene rings is 9. The number of aromatic nitrogens is 4. The summed E-state index contributed by atoms with van der Waals surface area (Å²) >= 11 is 0. The van der Waals surface area contributed by atoms with Crippen LogP contribution in [0.1, 0.15) is 22.3 Å². The molecule has 302 valence electrons. The summed E-state index contributed by atoms with van der Waals surface area (Å²) in [5.41, 5.74) is 14.8. The molecule has 0 unspecified atom stereocenters. The molecule has 6 nitrogen and oxygen atoms in total. The van der Waals surface area contributed by atoms with Crippen molar-refractivity contribution in [1.82, 2.24) is 19.5 Å². The topological polar surface area (TPSA) is 57.2 Å². The van der Waals surface area contributed by atoms with Crippen LogP contribution in [0.25, 0.3) is 88.8 Å². The highest BCUT2D eigenvalue weighted by molar-refractivity contribution is 6.11. The largest absolute Gasteiger partial charge is 0.457 e. The van der Waals surface area contributed by atoms with Gasteiger partial charge in [-0.3, -0.25) is 0 Å². The van der Waals surface area contributed by atoms with Crippen molar-refractivity contribution in [2.45, 2.75) is 5.41 Å². The van der Waals surface area contributed by atoms with Gasteiger partial charge in [-0.05, 0) is 105 Å². The lowest BCUT2D eigenvalue weighted by molar-refractivity contribution is 0.436. The fourth-order valence-electron chi connectivity index (χ4n) is 10.3. The Kier molecular flexibility index (Phi) is 8.08. The summed E-state index contributed by atoms with van der Waals surface area (Å²) < 4.78 is 9.27. The number of nitrogens with zero attached hydrogens (tertiary/aromatic N) is 5. The monoisotopic (exact) mass is 829 g/mol. The zero-order chi connectivity index (χ0) is 43.1. The molecule has 1 spiro atoms. The number of hydrogen-bond acceptors (Lipinski definition) is 4. The molecule has 0 bridgehead atoms. The first-order valence-corrected chi connectivity index (χ1v) is 21.7. The standard InChI is InChI=1S/C59H35N5O/c1-60-42-28-30-53-47(36-42)46-33-39(25-29-52(46)64(53)43-19-9-4-10-20-43)40-26-31-54-50(34-40)59(48-23-13-11-21-44(48)45-22-12-14-24-49(45)59)51-35-41(27-32-55(51)65-54)58-62-56(37-15-5-2-6-16-37)61-57(63-58)38-17-7-3-8-18-38/h2-36H. The van der Waals surface area contributed by atoms with Gasteiger partial charge >= 0.3 is 0 Å². The Balaban J connectivity index is 1.04. The Hall–Kier alpha value is -8.92. The van der Waals surface area contributed by atoms with E-state index in [0.29, 0.717) is 23.2 Å². The van der Waals surface area contributed by atoms with Crippen LogP contribution in [-0.2, 0) is 5.41 Å². The van der Waals surface area contributed by atoms with E-state index in [4.69, 9.17) is 26.3 Å². The Morgan fingerprint density at radius 2 is 0.862 bits per heavy atom. The van der Waals surface area contributed by atoms with E-state index < -0.39 is 5.41 Å². The molecule has 0 fully saturated rings. The first kappa shape index (κ1) is 36.7. The van der Waals surface area contributed by atoms with Gasteiger partial charge in [0.1, 0.15) is 11.5 Å². The molecule has 9 aromatic carbocycles. The SMILES string of the molecule is [C-]#[N+]c1ccc2c(c1)c1cc(-c3ccc4c(c3)C3(c5cc(-c6nc(-c7ccccc7)nc(-c7ccccc7)n6)ccc5O4)c4ccccc4-c4ccccc43)ccc1n2-c1ccccc1. The third-order valence-electron chi connectivity index (χ3n) is 13.1. The van der Waals surface area contributed by atoms with E-state index in [1.807, 2.05) is 78.9 Å². The Labute approximate surface area is 375 Å². The molecule has 6 heteroatoms. The van der Waals surface area contributed by atoms with Crippen LogP contribution >= 0.6 is 0 Å². The fraction of sp³-hybridized carbons (Fsp3) is 0.0169. The molecule has 0 saturated carbocycles. The quantitative estimate of drug-likeness (QED) is 0.162. The molecule has 0 radical (unpaired) electrons. The minimum Gasteiger partial charge on any atom is -0.457 e. The minimum absolute atomic E-state index is 0.583. The van der Waals surface area contributed by atoms with Gasteiger partial charge in [0.15, 0.2) is 23.2 Å². The van der Waals surface area contributed by atoms with Crippen LogP contribution < -0.4 is 4.74 Å². The van der Waals surface area contributed by atoms with E-state index in [1.54, 1.807) is 0 Å². The van der Waals surface area contributed by atoms with Crippen LogP contribution in [0, 0.1) is 6.57 Å². The van der Waals surface area contributed by atoms with Crippen LogP contribution in [0.4, 0.5) is 5.69 Å². The molecule has 0 saturated heterocycles. The number of rotatable bonds is 5. The third-order valence-corrected chi connectivity index (χ3v) is 13.1. The summed E-state index contributed by atoms with van der Waals surface area (Å²) in [6.07, 6.45) is 0. The lowest BCUT2D eigenvalue weighted by atomic mass is 9.65. The average molecular weight is 830 g/mol. The van der Waals surface area contributed by atoms with E-state index in [9.17, 15) is 0 Å². The lowest BCUT2D eigenvalue weighted by Crippen LogP contribution is -2.32. The van der Waals surface area contributed by atoms with Gasteiger partial charge < -0.3 is 9.30 Å². The molecular weight excluding hydrogens is 795 g/mol. The predicted octanol–water partition coefficient (Wildman–Crippen LogP) is 14.7. The van der Waals surface area contributed by atoms with Gasteiger partial charge in [-0.15, -0.1) is 0 Å². The first-order valence-electron chi connectivity index (χ1n) is 21.7. The highest BCUT2D eigenvalue weighted by Gasteiger charge is 2.51. The number of hydrogen-bond donors (Lipinski definition) is 0. The normalized spacial score (nSPS) is 12.8. The van der Waals surface area contributed by atoms with Gasteiger partial charge in [0.2, 0.25) is 0 Å². The number of fused-ring (bicyclic) bond motifs is 12. The maximum absolute atomic E-state index is 7.85. The van der Waals surface area contributed by atoms with Crippen molar-refractivity contribution >= 4 is 27.5 Å². The van der Waals surface area contributed by atoms with Crippen LogP contribution in [0.2, 0.25) is 0 Å². The van der Waals surface area contributed by atoms with Gasteiger partial charge in [-0.1, -0.05) is 146 Å². The van der Waals surface area contributed by atoms with E-state index >= 15 is 0 Å². The summed E-state index contributed by atoms with van der Waals surface area (Å²) in [6, 6.07) is 73.9. The van der Waals surface area contributed by atoms with Crippen molar-refractivity contribution in [2.75, 3.05) is 0 Å².